The molecule has 1 rings (SSSR count). The maximum absolute atomic E-state index is 13.7. The summed E-state index contributed by atoms with van der Waals surface area (Å²) in [6.45, 7) is 4.78. The van der Waals surface area contributed by atoms with E-state index in [-0.39, 0.29) is 11.6 Å². The molecule has 0 saturated carbocycles. The second-order valence-corrected chi connectivity index (χ2v) is 4.24. The van der Waals surface area contributed by atoms with Crippen molar-refractivity contribution in [1.29, 1.82) is 0 Å². The fraction of sp³-hybridized carbons (Fsp3) is 0.571. The van der Waals surface area contributed by atoms with Crippen molar-refractivity contribution in [3.63, 3.8) is 0 Å². The van der Waals surface area contributed by atoms with Gasteiger partial charge in [0.25, 0.3) is 0 Å². The van der Waals surface area contributed by atoms with Crippen LogP contribution in [-0.2, 0) is 0 Å². The van der Waals surface area contributed by atoms with Crippen LogP contribution in [0.2, 0.25) is 0 Å². The van der Waals surface area contributed by atoms with Crippen LogP contribution in [0.1, 0.15) is 51.1 Å². The molecule has 0 spiro atoms. The predicted molar refractivity (Wildman–Crippen MR) is 66.9 cm³/mol. The first kappa shape index (κ1) is 14.1. The summed E-state index contributed by atoms with van der Waals surface area (Å²) in [5.74, 6) is -0.903. The summed E-state index contributed by atoms with van der Waals surface area (Å²) in [6.07, 6.45) is 3.97. The monoisotopic (exact) mass is 241 g/mol. The van der Waals surface area contributed by atoms with Gasteiger partial charge in [0.2, 0.25) is 0 Å². The average molecular weight is 241 g/mol. The van der Waals surface area contributed by atoms with Crippen LogP contribution < -0.4 is 5.32 Å². The van der Waals surface area contributed by atoms with Crippen molar-refractivity contribution in [3.8, 4) is 0 Å². The minimum absolute atomic E-state index is 0.186. The summed E-state index contributed by atoms with van der Waals surface area (Å²) in [6, 6.07) is 3.83. The Bertz CT molecular complexity index is 319. The van der Waals surface area contributed by atoms with Crippen LogP contribution in [0, 0.1) is 11.6 Å². The molecule has 1 unspecified atom stereocenters. The first-order chi connectivity index (χ1) is 8.20. The van der Waals surface area contributed by atoms with E-state index in [1.165, 1.54) is 18.2 Å². The highest BCUT2D eigenvalue weighted by Crippen LogP contribution is 2.25. The van der Waals surface area contributed by atoms with E-state index in [0.29, 0.717) is 6.54 Å². The van der Waals surface area contributed by atoms with Crippen molar-refractivity contribution >= 4 is 0 Å². The van der Waals surface area contributed by atoms with E-state index in [9.17, 15) is 8.78 Å². The third-order valence-electron chi connectivity index (χ3n) is 2.90. The standard InChI is InChI=1S/C14H21F2N/c1-3-5-6-10-13(17-4-2)14-11(15)8-7-9-12(14)16/h7-9,13,17H,3-6,10H2,1-2H3. The zero-order chi connectivity index (χ0) is 12.7. The number of hydrogen-bond acceptors (Lipinski definition) is 1. The molecule has 0 aromatic heterocycles. The van der Waals surface area contributed by atoms with Gasteiger partial charge in [-0.15, -0.1) is 0 Å². The highest BCUT2D eigenvalue weighted by atomic mass is 19.1. The first-order valence-corrected chi connectivity index (χ1v) is 6.38. The van der Waals surface area contributed by atoms with Gasteiger partial charge in [-0.25, -0.2) is 8.78 Å². The van der Waals surface area contributed by atoms with Gasteiger partial charge >= 0.3 is 0 Å². The molecule has 17 heavy (non-hydrogen) atoms. The van der Waals surface area contributed by atoms with Gasteiger partial charge in [0.05, 0.1) is 0 Å². The molecule has 1 atom stereocenters. The molecule has 0 fully saturated rings. The van der Waals surface area contributed by atoms with E-state index in [1.54, 1.807) is 0 Å². The van der Waals surface area contributed by atoms with Crippen LogP contribution in [0.5, 0.6) is 0 Å². The number of hydrogen-bond donors (Lipinski definition) is 1. The lowest BCUT2D eigenvalue weighted by Gasteiger charge is -2.19. The largest absolute Gasteiger partial charge is 0.310 e. The highest BCUT2D eigenvalue weighted by Gasteiger charge is 2.18. The SMILES string of the molecule is CCCCCC(NCC)c1c(F)cccc1F. The van der Waals surface area contributed by atoms with E-state index >= 15 is 0 Å². The molecule has 0 bridgehead atoms. The average Bonchev–Trinajstić information content (AvgIpc) is 2.29. The number of rotatable bonds is 7. The predicted octanol–water partition coefficient (Wildman–Crippen LogP) is 4.20. The van der Waals surface area contributed by atoms with Gasteiger partial charge in [0, 0.05) is 11.6 Å². The number of unbranched alkanes of at least 4 members (excludes halogenated alkanes) is 2. The lowest BCUT2D eigenvalue weighted by Crippen LogP contribution is -2.23. The molecule has 3 heteroatoms. The molecule has 0 aliphatic rings. The Morgan fingerprint density at radius 1 is 1.12 bits per heavy atom. The van der Waals surface area contributed by atoms with Crippen molar-refractivity contribution in [2.45, 2.75) is 45.6 Å². The van der Waals surface area contributed by atoms with Crippen LogP contribution in [0.15, 0.2) is 18.2 Å². The smallest absolute Gasteiger partial charge is 0.130 e. The van der Waals surface area contributed by atoms with Crippen LogP contribution in [0.25, 0.3) is 0 Å². The molecule has 0 amide bonds. The maximum atomic E-state index is 13.7. The molecular formula is C14H21F2N. The van der Waals surface area contributed by atoms with E-state index in [2.05, 4.69) is 12.2 Å². The van der Waals surface area contributed by atoms with Crippen molar-refractivity contribution in [3.05, 3.63) is 35.4 Å². The molecule has 0 heterocycles. The zero-order valence-corrected chi connectivity index (χ0v) is 10.6. The Balaban J connectivity index is 2.81. The lowest BCUT2D eigenvalue weighted by molar-refractivity contribution is 0.439. The van der Waals surface area contributed by atoms with E-state index < -0.39 is 11.6 Å². The molecule has 1 nitrogen and oxygen atoms in total. The normalized spacial score (nSPS) is 12.7. The van der Waals surface area contributed by atoms with Gasteiger partial charge in [-0.3, -0.25) is 0 Å². The number of nitrogens with one attached hydrogen (secondary N) is 1. The summed E-state index contributed by atoms with van der Waals surface area (Å²) in [7, 11) is 0. The highest BCUT2D eigenvalue weighted by molar-refractivity contribution is 5.23. The minimum atomic E-state index is -0.451. The molecule has 1 aromatic rings. The summed E-state index contributed by atoms with van der Waals surface area (Å²) < 4.78 is 27.3. The van der Waals surface area contributed by atoms with Gasteiger partial charge in [0.15, 0.2) is 0 Å². The third kappa shape index (κ3) is 4.08. The quantitative estimate of drug-likeness (QED) is 0.706. The van der Waals surface area contributed by atoms with Gasteiger partial charge in [-0.2, -0.15) is 0 Å². The number of benzene rings is 1. The van der Waals surface area contributed by atoms with Crippen LogP contribution >= 0.6 is 0 Å². The van der Waals surface area contributed by atoms with Crippen LogP contribution in [-0.4, -0.2) is 6.54 Å². The van der Waals surface area contributed by atoms with Crippen molar-refractivity contribution in [1.82, 2.24) is 5.32 Å². The third-order valence-corrected chi connectivity index (χ3v) is 2.90. The van der Waals surface area contributed by atoms with Gasteiger partial charge in [-0.05, 0) is 25.1 Å². The maximum Gasteiger partial charge on any atom is 0.130 e. The van der Waals surface area contributed by atoms with Crippen LogP contribution in [0.3, 0.4) is 0 Å². The molecule has 96 valence electrons. The molecule has 1 aromatic carbocycles. The second-order valence-electron chi connectivity index (χ2n) is 4.24. The van der Waals surface area contributed by atoms with Gasteiger partial charge in [0.1, 0.15) is 11.6 Å². The Morgan fingerprint density at radius 3 is 2.29 bits per heavy atom. The van der Waals surface area contributed by atoms with Crippen LogP contribution in [0.4, 0.5) is 8.78 Å². The molecular weight excluding hydrogens is 220 g/mol. The fourth-order valence-corrected chi connectivity index (χ4v) is 2.04. The second kappa shape index (κ2) is 7.38. The zero-order valence-electron chi connectivity index (χ0n) is 10.6. The topological polar surface area (TPSA) is 12.0 Å². The van der Waals surface area contributed by atoms with E-state index in [4.69, 9.17) is 0 Å². The summed E-state index contributed by atoms with van der Waals surface area (Å²) in [5, 5.41) is 3.16. The molecule has 1 N–H and O–H groups in total. The van der Waals surface area contributed by atoms with Crippen molar-refractivity contribution < 1.29 is 8.78 Å². The Hall–Kier alpha value is -0.960. The minimum Gasteiger partial charge on any atom is -0.310 e. The Morgan fingerprint density at radius 2 is 1.76 bits per heavy atom. The summed E-state index contributed by atoms with van der Waals surface area (Å²) in [4.78, 5) is 0. The van der Waals surface area contributed by atoms with E-state index in [0.717, 1.165) is 25.7 Å². The first-order valence-electron chi connectivity index (χ1n) is 6.38. The van der Waals surface area contributed by atoms with Crippen molar-refractivity contribution in [2.24, 2.45) is 0 Å². The van der Waals surface area contributed by atoms with E-state index in [1.807, 2.05) is 6.92 Å². The molecule has 0 radical (unpaired) electrons. The fourth-order valence-electron chi connectivity index (χ4n) is 2.04. The Labute approximate surface area is 102 Å². The Kier molecular flexibility index (Phi) is 6.12. The van der Waals surface area contributed by atoms with Gasteiger partial charge < -0.3 is 5.32 Å². The number of halogens is 2. The molecule has 0 aliphatic carbocycles. The van der Waals surface area contributed by atoms with Crippen molar-refractivity contribution in [2.75, 3.05) is 6.54 Å². The summed E-state index contributed by atoms with van der Waals surface area (Å²) in [5.41, 5.74) is 0.186. The molecule has 0 aliphatic heterocycles. The van der Waals surface area contributed by atoms with Gasteiger partial charge in [-0.1, -0.05) is 39.2 Å². The molecule has 0 saturated heterocycles. The summed E-state index contributed by atoms with van der Waals surface area (Å²) >= 11 is 0. The lowest BCUT2D eigenvalue weighted by atomic mass is 9.99.